The SMILES string of the molecule is CC(C)[C@]1(COP(=O)(O)OP(=O)(O)OP(=O)(O)O)O[C@@H](n2ccc(N)nc2=O)[C@H](F)[C@@H]1O. The molecule has 1 aliphatic heterocycles. The lowest BCUT2D eigenvalue weighted by Gasteiger charge is -2.35. The summed E-state index contributed by atoms with van der Waals surface area (Å²) < 4.78 is 66.9. The molecule has 1 saturated heterocycles. The lowest BCUT2D eigenvalue weighted by atomic mass is 9.85. The molecular formula is C12H21FN3O13P3. The Morgan fingerprint density at radius 2 is 1.84 bits per heavy atom. The molecule has 6 atom stereocenters. The Labute approximate surface area is 179 Å². The zero-order chi connectivity index (χ0) is 24.7. The summed E-state index contributed by atoms with van der Waals surface area (Å²) in [6.45, 7) is 1.69. The van der Waals surface area contributed by atoms with Gasteiger partial charge in [-0.25, -0.2) is 22.9 Å². The van der Waals surface area contributed by atoms with Crippen molar-refractivity contribution in [3.05, 3.63) is 22.7 Å². The van der Waals surface area contributed by atoms with E-state index in [0.29, 0.717) is 4.57 Å². The third-order valence-electron chi connectivity index (χ3n) is 4.39. The lowest BCUT2D eigenvalue weighted by Crippen LogP contribution is -2.50. The molecule has 1 fully saturated rings. The number of phosphoric acid groups is 3. The van der Waals surface area contributed by atoms with Gasteiger partial charge in [-0.3, -0.25) is 9.09 Å². The molecule has 2 rings (SSSR count). The normalized spacial score (nSPS) is 30.2. The summed E-state index contributed by atoms with van der Waals surface area (Å²) in [7, 11) is -17.0. The second-order valence-corrected chi connectivity index (χ2v) is 11.3. The van der Waals surface area contributed by atoms with Gasteiger partial charge in [-0.1, -0.05) is 13.8 Å². The molecule has 0 radical (unpaired) electrons. The largest absolute Gasteiger partial charge is 0.490 e. The topological polar surface area (TPSA) is 250 Å². The van der Waals surface area contributed by atoms with Gasteiger partial charge in [-0.2, -0.15) is 13.6 Å². The molecule has 2 unspecified atom stereocenters. The van der Waals surface area contributed by atoms with Gasteiger partial charge in [0, 0.05) is 6.20 Å². The van der Waals surface area contributed by atoms with Gasteiger partial charge in [0.15, 0.2) is 12.4 Å². The second-order valence-electron chi connectivity index (χ2n) is 6.91. The monoisotopic (exact) mass is 527 g/mol. The van der Waals surface area contributed by atoms with Crippen LogP contribution in [0.2, 0.25) is 0 Å². The number of nitrogens with two attached hydrogens (primary N) is 1. The number of nitrogens with zero attached hydrogens (tertiary/aromatic N) is 2. The maximum Gasteiger partial charge on any atom is 0.490 e. The number of nitrogen functional groups attached to an aromatic ring is 1. The van der Waals surface area contributed by atoms with E-state index < -0.39 is 65.8 Å². The highest BCUT2D eigenvalue weighted by Crippen LogP contribution is 2.66. The van der Waals surface area contributed by atoms with E-state index in [1.54, 1.807) is 0 Å². The molecule has 32 heavy (non-hydrogen) atoms. The lowest BCUT2D eigenvalue weighted by molar-refractivity contribution is -0.151. The van der Waals surface area contributed by atoms with E-state index in [2.05, 4.69) is 18.1 Å². The Morgan fingerprint density at radius 1 is 1.25 bits per heavy atom. The predicted molar refractivity (Wildman–Crippen MR) is 101 cm³/mol. The molecule has 1 aliphatic rings. The quantitative estimate of drug-likeness (QED) is 0.227. The van der Waals surface area contributed by atoms with Crippen molar-refractivity contribution in [2.24, 2.45) is 5.92 Å². The van der Waals surface area contributed by atoms with Gasteiger partial charge in [0.2, 0.25) is 0 Å². The summed E-state index contributed by atoms with van der Waals surface area (Å²) in [4.78, 5) is 51.4. The fourth-order valence-corrected chi connectivity index (χ4v) is 5.92. The minimum Gasteiger partial charge on any atom is -0.387 e. The van der Waals surface area contributed by atoms with E-state index in [4.69, 9.17) is 20.3 Å². The van der Waals surface area contributed by atoms with Crippen LogP contribution >= 0.6 is 23.5 Å². The Bertz CT molecular complexity index is 1050. The highest BCUT2D eigenvalue weighted by molar-refractivity contribution is 7.66. The number of anilines is 1. The number of rotatable bonds is 9. The van der Waals surface area contributed by atoms with Gasteiger partial charge in [0.25, 0.3) is 0 Å². The molecule has 20 heteroatoms. The van der Waals surface area contributed by atoms with E-state index in [-0.39, 0.29) is 5.82 Å². The average Bonchev–Trinajstić information content (AvgIpc) is 2.83. The Kier molecular flexibility index (Phi) is 7.90. The third-order valence-corrected chi connectivity index (χ3v) is 8.17. The van der Waals surface area contributed by atoms with Gasteiger partial charge >= 0.3 is 29.2 Å². The van der Waals surface area contributed by atoms with E-state index in [9.17, 15) is 37.8 Å². The fraction of sp³-hybridized carbons (Fsp3) is 0.667. The molecule has 16 nitrogen and oxygen atoms in total. The number of phosphoric ester groups is 1. The van der Waals surface area contributed by atoms with Crippen molar-refractivity contribution in [2.75, 3.05) is 12.3 Å². The zero-order valence-electron chi connectivity index (χ0n) is 16.4. The molecule has 1 aromatic rings. The van der Waals surface area contributed by atoms with Crippen LogP contribution < -0.4 is 11.4 Å². The first-order valence-corrected chi connectivity index (χ1v) is 13.0. The van der Waals surface area contributed by atoms with Gasteiger partial charge in [0.05, 0.1) is 6.61 Å². The molecule has 1 aromatic heterocycles. The van der Waals surface area contributed by atoms with Crippen LogP contribution in [0, 0.1) is 5.92 Å². The smallest absolute Gasteiger partial charge is 0.387 e. The second kappa shape index (κ2) is 9.29. The number of hydrogen-bond acceptors (Lipinski definition) is 11. The van der Waals surface area contributed by atoms with Crippen molar-refractivity contribution in [1.82, 2.24) is 9.55 Å². The van der Waals surface area contributed by atoms with Crippen molar-refractivity contribution in [3.8, 4) is 0 Å². The number of aromatic nitrogens is 2. The first-order chi connectivity index (χ1) is 14.4. The summed E-state index contributed by atoms with van der Waals surface area (Å²) >= 11 is 0. The fourth-order valence-electron chi connectivity index (χ4n) is 2.86. The van der Waals surface area contributed by atoms with Gasteiger partial charge < -0.3 is 35.2 Å². The molecule has 0 aromatic carbocycles. The molecule has 0 amide bonds. The van der Waals surface area contributed by atoms with E-state index in [1.807, 2.05) is 0 Å². The zero-order valence-corrected chi connectivity index (χ0v) is 19.0. The molecular weight excluding hydrogens is 506 g/mol. The van der Waals surface area contributed by atoms with Crippen LogP contribution in [0.5, 0.6) is 0 Å². The average molecular weight is 527 g/mol. The molecule has 0 bridgehead atoms. The highest BCUT2D eigenvalue weighted by Gasteiger charge is 2.59. The molecule has 2 heterocycles. The van der Waals surface area contributed by atoms with Gasteiger partial charge in [-0.05, 0) is 12.0 Å². The van der Waals surface area contributed by atoms with Crippen LogP contribution in [0.4, 0.5) is 10.2 Å². The van der Waals surface area contributed by atoms with Crippen LogP contribution in [0.3, 0.4) is 0 Å². The molecule has 0 spiro atoms. The van der Waals surface area contributed by atoms with Crippen molar-refractivity contribution >= 4 is 29.3 Å². The van der Waals surface area contributed by atoms with Crippen LogP contribution in [-0.2, 0) is 31.6 Å². The standard InChI is InChI=1S/C12H21FN3O13P3/c1-6(2)12(5-26-31(22,23)29-32(24,25)28-30(19,20)21)9(17)8(13)10(27-12)16-4-3-7(14)15-11(16)18/h3-4,6,8-10,17H,5H2,1-2H3,(H,22,23)(H,24,25)(H2,14,15,18)(H2,19,20,21)/t8-,9+,10-,12+/m1/s1. The summed E-state index contributed by atoms with van der Waals surface area (Å²) in [5.41, 5.74) is 2.27. The minimum atomic E-state index is -5.79. The van der Waals surface area contributed by atoms with Crippen LogP contribution in [0.15, 0.2) is 17.1 Å². The first kappa shape index (κ1) is 27.2. The summed E-state index contributed by atoms with van der Waals surface area (Å²) in [6, 6.07) is 1.16. The predicted octanol–water partition coefficient (Wildman–Crippen LogP) is -0.209. The maximum atomic E-state index is 14.9. The Hall–Kier alpha value is -1.06. The minimum absolute atomic E-state index is 0.164. The van der Waals surface area contributed by atoms with Crippen molar-refractivity contribution in [3.63, 3.8) is 0 Å². The number of hydrogen-bond donors (Lipinski definition) is 6. The van der Waals surface area contributed by atoms with E-state index >= 15 is 0 Å². The highest BCUT2D eigenvalue weighted by atomic mass is 31.3. The molecule has 0 aliphatic carbocycles. The first-order valence-electron chi connectivity index (χ1n) is 8.52. The van der Waals surface area contributed by atoms with Crippen molar-refractivity contribution < 1.29 is 60.6 Å². The number of halogens is 1. The van der Waals surface area contributed by atoms with Crippen LogP contribution in [-0.4, -0.2) is 58.7 Å². The summed E-state index contributed by atoms with van der Waals surface area (Å²) in [5.74, 6) is -1.01. The summed E-state index contributed by atoms with van der Waals surface area (Å²) in [5, 5.41) is 10.5. The number of ether oxygens (including phenoxy) is 1. The molecule has 7 N–H and O–H groups in total. The molecule has 184 valence electrons. The van der Waals surface area contributed by atoms with Gasteiger partial charge in [-0.15, -0.1) is 0 Å². The van der Waals surface area contributed by atoms with E-state index in [0.717, 1.165) is 12.3 Å². The van der Waals surface area contributed by atoms with Crippen LogP contribution in [0.25, 0.3) is 0 Å². The number of aliphatic hydroxyl groups excluding tert-OH is 1. The van der Waals surface area contributed by atoms with Crippen LogP contribution in [0.1, 0.15) is 20.1 Å². The Balaban J connectivity index is 2.27. The third kappa shape index (κ3) is 6.29. The molecule has 0 saturated carbocycles. The maximum absolute atomic E-state index is 14.9. The number of aliphatic hydroxyl groups is 1. The van der Waals surface area contributed by atoms with Crippen molar-refractivity contribution in [1.29, 1.82) is 0 Å². The summed E-state index contributed by atoms with van der Waals surface area (Å²) in [6.07, 6.45) is -5.00. The van der Waals surface area contributed by atoms with Gasteiger partial charge in [0.1, 0.15) is 17.5 Å². The van der Waals surface area contributed by atoms with E-state index in [1.165, 1.54) is 13.8 Å². The number of alkyl halides is 1. The van der Waals surface area contributed by atoms with Crippen molar-refractivity contribution in [2.45, 2.75) is 38.0 Å². The Morgan fingerprint density at radius 3 is 2.34 bits per heavy atom.